The van der Waals surface area contributed by atoms with Crippen LogP contribution in [0.15, 0.2) is 79.1 Å². The molecule has 0 amide bonds. The molecule has 0 spiro atoms. The first-order valence-electron chi connectivity index (χ1n) is 9.93. The minimum absolute atomic E-state index is 0.356. The summed E-state index contributed by atoms with van der Waals surface area (Å²) < 4.78 is 71.9. The van der Waals surface area contributed by atoms with Crippen molar-refractivity contribution in [3.63, 3.8) is 0 Å². The van der Waals surface area contributed by atoms with Gasteiger partial charge in [-0.2, -0.15) is 18.3 Å². The molecule has 168 valence electrons. The third-order valence-electron chi connectivity index (χ3n) is 5.72. The minimum atomic E-state index is -5.00. The highest BCUT2D eigenvalue weighted by molar-refractivity contribution is 5.82. The van der Waals surface area contributed by atoms with Crippen molar-refractivity contribution in [3.05, 3.63) is 96.3 Å². The summed E-state index contributed by atoms with van der Waals surface area (Å²) in [5, 5.41) is 15.9. The van der Waals surface area contributed by atoms with E-state index in [1.54, 1.807) is 0 Å². The van der Waals surface area contributed by atoms with Crippen molar-refractivity contribution in [2.45, 2.75) is 18.3 Å². The van der Waals surface area contributed by atoms with Crippen molar-refractivity contribution >= 4 is 21.8 Å². The summed E-state index contributed by atoms with van der Waals surface area (Å²) in [5.74, 6) is -0.928. The molecule has 0 aliphatic rings. The van der Waals surface area contributed by atoms with Crippen molar-refractivity contribution in [3.8, 4) is 5.69 Å². The third-order valence-corrected chi connectivity index (χ3v) is 5.72. The summed E-state index contributed by atoms with van der Waals surface area (Å²) in [4.78, 5) is 0. The second kappa shape index (κ2) is 7.41. The van der Waals surface area contributed by atoms with Gasteiger partial charge in [0.25, 0.3) is 0 Å². The van der Waals surface area contributed by atoms with Gasteiger partial charge in [0.2, 0.25) is 5.60 Å². The monoisotopic (exact) mass is 457 g/mol. The van der Waals surface area contributed by atoms with Crippen LogP contribution in [-0.2, 0) is 12.1 Å². The number of halogens is 5. The molecule has 0 aliphatic heterocycles. The molecule has 0 fully saturated rings. The molecule has 3 aromatic carbocycles. The molecule has 33 heavy (non-hydrogen) atoms. The molecule has 0 saturated carbocycles. The first kappa shape index (κ1) is 21.1. The number of aliphatic hydroxyl groups is 1. The fourth-order valence-corrected chi connectivity index (χ4v) is 3.98. The first-order valence-corrected chi connectivity index (χ1v) is 9.93. The van der Waals surface area contributed by atoms with E-state index < -0.39 is 30.0 Å². The van der Waals surface area contributed by atoms with Crippen LogP contribution in [0.25, 0.3) is 27.5 Å². The summed E-state index contributed by atoms with van der Waals surface area (Å²) >= 11 is 0. The number of aromatic nitrogens is 3. The van der Waals surface area contributed by atoms with Gasteiger partial charge in [-0.3, -0.25) is 0 Å². The quantitative estimate of drug-likeness (QED) is 0.352. The highest BCUT2D eigenvalue weighted by Gasteiger charge is 2.55. The van der Waals surface area contributed by atoms with Crippen LogP contribution in [0.3, 0.4) is 0 Å². The van der Waals surface area contributed by atoms with Crippen LogP contribution in [0.1, 0.15) is 5.56 Å². The Balaban J connectivity index is 1.58. The molecule has 5 rings (SSSR count). The van der Waals surface area contributed by atoms with Crippen LogP contribution in [0.5, 0.6) is 0 Å². The molecule has 0 aliphatic carbocycles. The predicted octanol–water partition coefficient (Wildman–Crippen LogP) is 5.71. The van der Waals surface area contributed by atoms with Gasteiger partial charge in [0.15, 0.2) is 0 Å². The average molecular weight is 457 g/mol. The van der Waals surface area contributed by atoms with Crippen molar-refractivity contribution in [2.24, 2.45) is 0 Å². The molecule has 2 heterocycles. The van der Waals surface area contributed by atoms with Gasteiger partial charge in [0.05, 0.1) is 23.9 Å². The topological polar surface area (TPSA) is 43.0 Å². The van der Waals surface area contributed by atoms with E-state index in [0.717, 1.165) is 6.07 Å². The molecule has 9 heteroatoms. The maximum absolute atomic E-state index is 14.2. The number of nitrogens with zero attached hydrogens (tertiary/aromatic N) is 3. The summed E-state index contributed by atoms with van der Waals surface area (Å²) in [6.07, 6.45) is -2.23. The van der Waals surface area contributed by atoms with Gasteiger partial charge in [0, 0.05) is 22.5 Å². The Morgan fingerprint density at radius 2 is 1.48 bits per heavy atom. The zero-order chi connectivity index (χ0) is 23.4. The maximum atomic E-state index is 14.2. The second-order valence-electron chi connectivity index (χ2n) is 7.81. The van der Waals surface area contributed by atoms with Crippen LogP contribution < -0.4 is 0 Å². The van der Waals surface area contributed by atoms with Crippen LogP contribution in [0, 0.1) is 11.6 Å². The number of hydrogen-bond donors (Lipinski definition) is 1. The Morgan fingerprint density at radius 1 is 0.788 bits per heavy atom. The molecule has 0 radical (unpaired) electrons. The van der Waals surface area contributed by atoms with Gasteiger partial charge in [-0.1, -0.05) is 6.07 Å². The zero-order valence-electron chi connectivity index (χ0n) is 16.9. The number of fused-ring (bicyclic) bond motifs is 2. The standard InChI is InChI=1S/C24H16F5N3O/c25-18-2-5-20(6-3-18)32-22-7-1-17(11-16(22)13-30-32)23(33,24(27,28)29)14-31-10-9-15-12-19(26)4-8-21(15)31/h1-13,33H,14H2. The lowest BCUT2D eigenvalue weighted by molar-refractivity contribution is -0.271. The van der Waals surface area contributed by atoms with E-state index in [1.807, 2.05) is 0 Å². The molecule has 1 unspecified atom stereocenters. The molecule has 4 nitrogen and oxygen atoms in total. The summed E-state index contributed by atoms with van der Waals surface area (Å²) in [5.41, 5.74) is -2.16. The largest absolute Gasteiger partial charge is 0.423 e. The third kappa shape index (κ3) is 3.54. The first-order chi connectivity index (χ1) is 15.7. The van der Waals surface area contributed by atoms with Gasteiger partial charge in [-0.05, 0) is 66.2 Å². The molecular weight excluding hydrogens is 441 g/mol. The van der Waals surface area contributed by atoms with Gasteiger partial charge < -0.3 is 9.67 Å². The van der Waals surface area contributed by atoms with Crippen LogP contribution in [0.4, 0.5) is 22.0 Å². The average Bonchev–Trinajstić information content (AvgIpc) is 3.37. The van der Waals surface area contributed by atoms with E-state index in [-0.39, 0.29) is 5.56 Å². The van der Waals surface area contributed by atoms with Crippen LogP contribution in [-0.4, -0.2) is 25.6 Å². The SMILES string of the molecule is OC(Cn1ccc2cc(F)ccc21)(c1ccc2c(cnn2-c2ccc(F)cc2)c1)C(F)(F)F. The van der Waals surface area contributed by atoms with E-state index in [4.69, 9.17) is 0 Å². The van der Waals surface area contributed by atoms with Crippen LogP contribution >= 0.6 is 0 Å². The predicted molar refractivity (Wildman–Crippen MR) is 113 cm³/mol. The molecule has 0 saturated heterocycles. The molecule has 2 aromatic heterocycles. The lowest BCUT2D eigenvalue weighted by Gasteiger charge is -2.31. The van der Waals surface area contributed by atoms with Gasteiger partial charge >= 0.3 is 6.18 Å². The molecule has 0 bridgehead atoms. The van der Waals surface area contributed by atoms with E-state index in [2.05, 4.69) is 5.10 Å². The van der Waals surface area contributed by atoms with Gasteiger partial charge in [-0.25, -0.2) is 13.5 Å². The summed E-state index contributed by atoms with van der Waals surface area (Å²) in [7, 11) is 0. The molecule has 1 atom stereocenters. The highest BCUT2D eigenvalue weighted by atomic mass is 19.4. The van der Waals surface area contributed by atoms with E-state index >= 15 is 0 Å². The summed E-state index contributed by atoms with van der Waals surface area (Å²) in [6.45, 7) is -0.816. The fraction of sp³-hybridized carbons (Fsp3) is 0.125. The molecular formula is C24H16F5N3O. The fourth-order valence-electron chi connectivity index (χ4n) is 3.98. The lowest BCUT2D eigenvalue weighted by Crippen LogP contribution is -2.45. The van der Waals surface area contributed by atoms with Crippen molar-refractivity contribution in [2.75, 3.05) is 0 Å². The Labute approximate surface area is 184 Å². The van der Waals surface area contributed by atoms with Gasteiger partial charge in [-0.15, -0.1) is 0 Å². The number of alkyl halides is 3. The Morgan fingerprint density at radius 3 is 2.21 bits per heavy atom. The molecule has 1 N–H and O–H groups in total. The van der Waals surface area contributed by atoms with E-state index in [9.17, 15) is 27.1 Å². The number of benzene rings is 3. The van der Waals surface area contributed by atoms with Crippen LogP contribution in [0.2, 0.25) is 0 Å². The molecule has 5 aromatic rings. The second-order valence-corrected chi connectivity index (χ2v) is 7.81. The highest BCUT2D eigenvalue weighted by Crippen LogP contribution is 2.42. The minimum Gasteiger partial charge on any atom is -0.375 e. The lowest BCUT2D eigenvalue weighted by atomic mass is 9.91. The Kier molecular flexibility index (Phi) is 4.75. The van der Waals surface area contributed by atoms with E-state index in [1.165, 1.54) is 82.3 Å². The smallest absolute Gasteiger partial charge is 0.375 e. The Bertz CT molecular complexity index is 1470. The zero-order valence-corrected chi connectivity index (χ0v) is 16.9. The van der Waals surface area contributed by atoms with Gasteiger partial charge in [0.1, 0.15) is 11.6 Å². The normalized spacial score (nSPS) is 14.1. The van der Waals surface area contributed by atoms with Crippen molar-refractivity contribution in [1.82, 2.24) is 14.3 Å². The maximum Gasteiger partial charge on any atom is 0.423 e. The summed E-state index contributed by atoms with van der Waals surface area (Å²) in [6, 6.07) is 14.6. The van der Waals surface area contributed by atoms with E-state index in [0.29, 0.717) is 27.5 Å². The Hall–Kier alpha value is -3.72. The van der Waals surface area contributed by atoms with Crippen molar-refractivity contribution < 1.29 is 27.1 Å². The number of rotatable bonds is 4. The van der Waals surface area contributed by atoms with Crippen molar-refractivity contribution in [1.29, 1.82) is 0 Å². The number of hydrogen-bond acceptors (Lipinski definition) is 2.